The molecular formula is C13H18BrNO. The maximum Gasteiger partial charge on any atom is 0.251 e. The van der Waals surface area contributed by atoms with Crippen LogP contribution in [0.25, 0.3) is 0 Å². The van der Waals surface area contributed by atoms with E-state index in [0.29, 0.717) is 4.83 Å². The van der Waals surface area contributed by atoms with Gasteiger partial charge in [0.15, 0.2) is 0 Å². The molecule has 3 heteroatoms. The molecule has 0 radical (unpaired) electrons. The van der Waals surface area contributed by atoms with Crippen molar-refractivity contribution in [2.75, 3.05) is 6.54 Å². The van der Waals surface area contributed by atoms with Crippen LogP contribution in [0, 0.1) is 6.92 Å². The van der Waals surface area contributed by atoms with Gasteiger partial charge in [-0.1, -0.05) is 41.1 Å². The van der Waals surface area contributed by atoms with Crippen LogP contribution in [0.3, 0.4) is 0 Å². The molecule has 0 saturated carbocycles. The molecule has 0 heterocycles. The van der Waals surface area contributed by atoms with Gasteiger partial charge in [0, 0.05) is 16.9 Å². The number of aryl methyl sites for hydroxylation is 1. The van der Waals surface area contributed by atoms with Crippen LogP contribution in [0.1, 0.15) is 35.7 Å². The minimum atomic E-state index is 0.0281. The van der Waals surface area contributed by atoms with Crippen LogP contribution in [0.15, 0.2) is 24.3 Å². The summed E-state index contributed by atoms with van der Waals surface area (Å²) in [5, 5.41) is 2.94. The first-order valence-electron chi connectivity index (χ1n) is 5.59. The first kappa shape index (κ1) is 13.2. The number of alkyl halides is 1. The molecule has 0 bridgehead atoms. The van der Waals surface area contributed by atoms with Gasteiger partial charge in [-0.15, -0.1) is 0 Å². The van der Waals surface area contributed by atoms with Gasteiger partial charge in [0.1, 0.15) is 0 Å². The molecule has 16 heavy (non-hydrogen) atoms. The fraction of sp³-hybridized carbons (Fsp3) is 0.462. The van der Waals surface area contributed by atoms with Gasteiger partial charge >= 0.3 is 0 Å². The van der Waals surface area contributed by atoms with Gasteiger partial charge in [0.2, 0.25) is 0 Å². The van der Waals surface area contributed by atoms with Crippen molar-refractivity contribution >= 4 is 21.8 Å². The van der Waals surface area contributed by atoms with E-state index < -0.39 is 0 Å². The molecule has 1 unspecified atom stereocenters. The van der Waals surface area contributed by atoms with Crippen molar-refractivity contribution in [2.45, 2.75) is 31.5 Å². The molecule has 0 aliphatic rings. The zero-order valence-corrected chi connectivity index (χ0v) is 11.4. The largest absolute Gasteiger partial charge is 0.352 e. The van der Waals surface area contributed by atoms with E-state index in [4.69, 9.17) is 0 Å². The summed E-state index contributed by atoms with van der Waals surface area (Å²) in [6, 6.07) is 7.65. The van der Waals surface area contributed by atoms with E-state index in [1.807, 2.05) is 31.2 Å². The number of nitrogens with one attached hydrogen (secondary N) is 1. The first-order valence-corrected chi connectivity index (χ1v) is 6.50. The Bertz CT molecular complexity index is 350. The quantitative estimate of drug-likeness (QED) is 0.652. The highest BCUT2D eigenvalue weighted by molar-refractivity contribution is 9.09. The van der Waals surface area contributed by atoms with Crippen molar-refractivity contribution in [3.63, 3.8) is 0 Å². The second kappa shape index (κ2) is 6.69. The number of amides is 1. The molecule has 2 nitrogen and oxygen atoms in total. The predicted molar refractivity (Wildman–Crippen MR) is 71.1 cm³/mol. The first-order chi connectivity index (χ1) is 7.61. The van der Waals surface area contributed by atoms with Gasteiger partial charge in [-0.2, -0.15) is 0 Å². The van der Waals surface area contributed by atoms with Crippen LogP contribution in [-0.2, 0) is 0 Å². The zero-order chi connectivity index (χ0) is 12.0. The Morgan fingerprint density at radius 2 is 2.12 bits per heavy atom. The molecular weight excluding hydrogens is 266 g/mol. The normalized spacial score (nSPS) is 12.2. The molecule has 1 atom stereocenters. The minimum absolute atomic E-state index is 0.0281. The molecule has 1 N–H and O–H groups in total. The summed E-state index contributed by atoms with van der Waals surface area (Å²) < 4.78 is 0. The van der Waals surface area contributed by atoms with E-state index in [-0.39, 0.29) is 5.91 Å². The van der Waals surface area contributed by atoms with E-state index >= 15 is 0 Å². The number of benzene rings is 1. The highest BCUT2D eigenvalue weighted by Crippen LogP contribution is 2.07. The Hall–Kier alpha value is -0.830. The van der Waals surface area contributed by atoms with E-state index in [9.17, 15) is 4.79 Å². The summed E-state index contributed by atoms with van der Waals surface area (Å²) in [5.74, 6) is 0.0281. The lowest BCUT2D eigenvalue weighted by molar-refractivity contribution is 0.0952. The van der Waals surface area contributed by atoms with Crippen molar-refractivity contribution in [3.8, 4) is 0 Å². The lowest BCUT2D eigenvalue weighted by Gasteiger charge is -2.07. The highest BCUT2D eigenvalue weighted by atomic mass is 79.9. The maximum atomic E-state index is 11.8. The van der Waals surface area contributed by atoms with Crippen molar-refractivity contribution in [1.82, 2.24) is 5.32 Å². The van der Waals surface area contributed by atoms with Gasteiger partial charge in [0.25, 0.3) is 5.91 Å². The van der Waals surface area contributed by atoms with E-state index in [1.54, 1.807) is 0 Å². The number of halogens is 1. The van der Waals surface area contributed by atoms with Crippen LogP contribution in [0.2, 0.25) is 0 Å². The topological polar surface area (TPSA) is 29.1 Å². The van der Waals surface area contributed by atoms with E-state index in [1.165, 1.54) is 0 Å². The van der Waals surface area contributed by atoms with Gasteiger partial charge in [0.05, 0.1) is 0 Å². The number of carbonyl (C=O) groups excluding carboxylic acids is 1. The van der Waals surface area contributed by atoms with Crippen LogP contribution in [0.5, 0.6) is 0 Å². The van der Waals surface area contributed by atoms with Crippen LogP contribution in [-0.4, -0.2) is 17.3 Å². The third-order valence-electron chi connectivity index (χ3n) is 2.45. The van der Waals surface area contributed by atoms with Crippen LogP contribution < -0.4 is 5.32 Å². The molecule has 0 saturated heterocycles. The summed E-state index contributed by atoms with van der Waals surface area (Å²) >= 11 is 3.49. The van der Waals surface area contributed by atoms with Crippen LogP contribution >= 0.6 is 15.9 Å². The Balaban J connectivity index is 2.39. The average molecular weight is 284 g/mol. The Kier molecular flexibility index (Phi) is 5.53. The molecule has 1 aromatic rings. The summed E-state index contributed by atoms with van der Waals surface area (Å²) in [7, 11) is 0. The molecule has 0 aromatic heterocycles. The molecule has 88 valence electrons. The monoisotopic (exact) mass is 283 g/mol. The predicted octanol–water partition coefficient (Wildman–Crippen LogP) is 3.29. The van der Waals surface area contributed by atoms with E-state index in [2.05, 4.69) is 28.2 Å². The van der Waals surface area contributed by atoms with Gasteiger partial charge in [-0.25, -0.2) is 0 Å². The molecule has 0 aliphatic carbocycles. The summed E-state index contributed by atoms with van der Waals surface area (Å²) in [6.45, 7) is 4.81. The third-order valence-corrected chi connectivity index (χ3v) is 2.91. The fourth-order valence-corrected chi connectivity index (χ4v) is 1.83. The Labute approximate surface area is 106 Å². The van der Waals surface area contributed by atoms with Crippen molar-refractivity contribution in [2.24, 2.45) is 0 Å². The Morgan fingerprint density at radius 1 is 1.44 bits per heavy atom. The molecule has 0 spiro atoms. The minimum Gasteiger partial charge on any atom is -0.352 e. The molecule has 1 amide bonds. The molecule has 0 fully saturated rings. The SMILES string of the molecule is Cc1ccccc1C(=O)NCCCC(C)Br. The summed E-state index contributed by atoms with van der Waals surface area (Å²) in [5.41, 5.74) is 1.79. The van der Waals surface area contributed by atoms with Crippen molar-refractivity contribution < 1.29 is 4.79 Å². The summed E-state index contributed by atoms with van der Waals surface area (Å²) in [4.78, 5) is 12.3. The van der Waals surface area contributed by atoms with Crippen LogP contribution in [0.4, 0.5) is 0 Å². The number of hydrogen-bond acceptors (Lipinski definition) is 1. The van der Waals surface area contributed by atoms with Crippen molar-refractivity contribution in [3.05, 3.63) is 35.4 Å². The maximum absolute atomic E-state index is 11.8. The van der Waals surface area contributed by atoms with Gasteiger partial charge in [-0.3, -0.25) is 4.79 Å². The van der Waals surface area contributed by atoms with Crippen molar-refractivity contribution in [1.29, 1.82) is 0 Å². The molecule has 0 aliphatic heterocycles. The lowest BCUT2D eigenvalue weighted by atomic mass is 10.1. The standard InChI is InChI=1S/C13H18BrNO/c1-10-6-3-4-8-12(10)13(16)15-9-5-7-11(2)14/h3-4,6,8,11H,5,7,9H2,1-2H3,(H,15,16). The van der Waals surface area contributed by atoms with Gasteiger partial charge in [-0.05, 0) is 31.4 Å². The number of rotatable bonds is 5. The zero-order valence-electron chi connectivity index (χ0n) is 9.79. The van der Waals surface area contributed by atoms with Gasteiger partial charge < -0.3 is 5.32 Å². The summed E-state index contributed by atoms with van der Waals surface area (Å²) in [6.07, 6.45) is 2.08. The third kappa shape index (κ3) is 4.35. The number of hydrogen-bond donors (Lipinski definition) is 1. The fourth-order valence-electron chi connectivity index (χ4n) is 1.51. The second-order valence-corrected chi connectivity index (χ2v) is 5.56. The van der Waals surface area contributed by atoms with E-state index in [0.717, 1.165) is 30.5 Å². The average Bonchev–Trinajstić information content (AvgIpc) is 2.24. The smallest absolute Gasteiger partial charge is 0.251 e. The lowest BCUT2D eigenvalue weighted by Crippen LogP contribution is -2.25. The Morgan fingerprint density at radius 3 is 2.75 bits per heavy atom. The number of carbonyl (C=O) groups is 1. The highest BCUT2D eigenvalue weighted by Gasteiger charge is 2.06. The molecule has 1 aromatic carbocycles. The molecule has 1 rings (SSSR count). The second-order valence-electron chi connectivity index (χ2n) is 3.99.